The van der Waals surface area contributed by atoms with Gasteiger partial charge >= 0.3 is 5.97 Å². The average Bonchev–Trinajstić information content (AvgIpc) is 2.72. The number of primary amides is 1. The number of ether oxygens (including phenoxy) is 1. The lowest BCUT2D eigenvalue weighted by Gasteiger charge is -2.29. The van der Waals surface area contributed by atoms with Gasteiger partial charge in [0.2, 0.25) is 23.6 Å². The van der Waals surface area contributed by atoms with Crippen molar-refractivity contribution in [3.63, 3.8) is 0 Å². The lowest BCUT2D eigenvalue weighted by molar-refractivity contribution is -0.138. The zero-order chi connectivity index (χ0) is 22.8. The van der Waals surface area contributed by atoms with Gasteiger partial charge in [0.25, 0.3) is 0 Å². The van der Waals surface area contributed by atoms with Gasteiger partial charge in [0.05, 0.1) is 13.0 Å². The van der Waals surface area contributed by atoms with Crippen molar-refractivity contribution in [2.75, 3.05) is 6.61 Å². The van der Waals surface area contributed by atoms with E-state index in [1.54, 1.807) is 6.92 Å². The summed E-state index contributed by atoms with van der Waals surface area (Å²) in [6.07, 6.45) is 2.43. The van der Waals surface area contributed by atoms with Gasteiger partial charge in [-0.15, -0.1) is 0 Å². The van der Waals surface area contributed by atoms with Crippen molar-refractivity contribution in [1.29, 1.82) is 0 Å². The summed E-state index contributed by atoms with van der Waals surface area (Å²) in [5.74, 6) is -2.92. The number of hydrogen-bond acceptors (Lipinski definition) is 6. The molecular formula is C21H26N4O6. The zero-order valence-corrected chi connectivity index (χ0v) is 17.1. The Balaban J connectivity index is 1.87. The van der Waals surface area contributed by atoms with Crippen molar-refractivity contribution in [3.8, 4) is 0 Å². The standard InChI is InChI=1S/C21H26N4O6/c1-2-31-18(27)10-6-9-14(19(22)28)23-17(26)12-16-21(30)24-15(20(29)25-16)11-13-7-4-3-5-8-13/h3-8,10,14-16H,2,9,11-12H2,1H3,(H2,22,28)(H,23,26)(H,24,30)(H,25,29)/b10-6+/t14-,15+,16+/m1/s1. The summed E-state index contributed by atoms with van der Waals surface area (Å²) in [5, 5.41) is 7.57. The minimum atomic E-state index is -1.08. The van der Waals surface area contributed by atoms with Crippen LogP contribution < -0.4 is 21.7 Å². The molecule has 0 aliphatic carbocycles. The highest BCUT2D eigenvalue weighted by atomic mass is 16.5. The number of amides is 4. The van der Waals surface area contributed by atoms with Crippen LogP contribution in [0.25, 0.3) is 0 Å². The van der Waals surface area contributed by atoms with Crippen LogP contribution in [0.2, 0.25) is 0 Å². The van der Waals surface area contributed by atoms with Crippen LogP contribution in [0.15, 0.2) is 42.5 Å². The van der Waals surface area contributed by atoms with Gasteiger partial charge in [0.1, 0.15) is 18.1 Å². The van der Waals surface area contributed by atoms with E-state index in [-0.39, 0.29) is 19.4 Å². The van der Waals surface area contributed by atoms with Crippen molar-refractivity contribution in [2.45, 2.75) is 44.3 Å². The molecule has 1 heterocycles. The van der Waals surface area contributed by atoms with Crippen LogP contribution in [-0.2, 0) is 35.1 Å². The maximum Gasteiger partial charge on any atom is 0.330 e. The molecule has 0 radical (unpaired) electrons. The molecule has 166 valence electrons. The molecule has 0 saturated carbocycles. The molecule has 1 aliphatic heterocycles. The van der Waals surface area contributed by atoms with Gasteiger partial charge < -0.3 is 26.4 Å². The summed E-state index contributed by atoms with van der Waals surface area (Å²) in [5.41, 5.74) is 6.17. The van der Waals surface area contributed by atoms with E-state index in [1.165, 1.54) is 6.08 Å². The summed E-state index contributed by atoms with van der Waals surface area (Å²) in [4.78, 5) is 59.8. The van der Waals surface area contributed by atoms with Gasteiger partial charge in [0.15, 0.2) is 0 Å². The fourth-order valence-electron chi connectivity index (χ4n) is 2.99. The topological polar surface area (TPSA) is 157 Å². The number of benzene rings is 1. The van der Waals surface area contributed by atoms with Crippen LogP contribution in [-0.4, -0.2) is 54.3 Å². The van der Waals surface area contributed by atoms with Crippen LogP contribution in [0.1, 0.15) is 25.3 Å². The number of nitrogens with one attached hydrogen (secondary N) is 3. The lowest BCUT2D eigenvalue weighted by atomic mass is 10.0. The predicted molar refractivity (Wildman–Crippen MR) is 110 cm³/mol. The van der Waals surface area contributed by atoms with Gasteiger partial charge in [-0.25, -0.2) is 4.79 Å². The van der Waals surface area contributed by atoms with Crippen molar-refractivity contribution < 1.29 is 28.7 Å². The maximum absolute atomic E-state index is 12.3. The van der Waals surface area contributed by atoms with E-state index in [1.807, 2.05) is 30.3 Å². The number of hydrogen-bond donors (Lipinski definition) is 4. The van der Waals surface area contributed by atoms with Crippen molar-refractivity contribution >= 4 is 29.6 Å². The number of carbonyl (C=O) groups is 5. The third-order valence-electron chi connectivity index (χ3n) is 4.53. The first-order valence-electron chi connectivity index (χ1n) is 9.86. The fraction of sp³-hybridized carbons (Fsp3) is 0.381. The smallest absolute Gasteiger partial charge is 0.330 e. The zero-order valence-electron chi connectivity index (χ0n) is 17.1. The van der Waals surface area contributed by atoms with E-state index in [0.717, 1.165) is 11.6 Å². The SMILES string of the molecule is CCOC(=O)/C=C/C[C@@H](NC(=O)C[C@@H]1NC(=O)[C@H](Cc2ccccc2)NC1=O)C(N)=O. The summed E-state index contributed by atoms with van der Waals surface area (Å²) in [6.45, 7) is 1.86. The highest BCUT2D eigenvalue weighted by Gasteiger charge is 2.35. The molecule has 1 saturated heterocycles. The molecule has 10 heteroatoms. The van der Waals surface area contributed by atoms with E-state index in [2.05, 4.69) is 16.0 Å². The molecule has 1 aromatic carbocycles. The minimum absolute atomic E-state index is 0.0255. The second-order valence-electron chi connectivity index (χ2n) is 6.93. The Morgan fingerprint density at radius 3 is 2.42 bits per heavy atom. The second-order valence-corrected chi connectivity index (χ2v) is 6.93. The highest BCUT2D eigenvalue weighted by Crippen LogP contribution is 2.09. The van der Waals surface area contributed by atoms with Crippen LogP contribution in [0.4, 0.5) is 0 Å². The largest absolute Gasteiger partial charge is 0.463 e. The van der Waals surface area contributed by atoms with Gasteiger partial charge in [-0.2, -0.15) is 0 Å². The Labute approximate surface area is 179 Å². The molecule has 1 fully saturated rings. The molecule has 2 rings (SSSR count). The molecule has 1 aromatic rings. The van der Waals surface area contributed by atoms with Crippen LogP contribution in [0.5, 0.6) is 0 Å². The predicted octanol–water partition coefficient (Wildman–Crippen LogP) is -0.918. The average molecular weight is 430 g/mol. The summed E-state index contributed by atoms with van der Waals surface area (Å²) in [6, 6.07) is 6.34. The van der Waals surface area contributed by atoms with Crippen molar-refractivity contribution in [3.05, 3.63) is 48.0 Å². The van der Waals surface area contributed by atoms with Gasteiger partial charge in [-0.05, 0) is 18.9 Å². The third kappa shape index (κ3) is 7.57. The molecule has 31 heavy (non-hydrogen) atoms. The Hall–Kier alpha value is -3.69. The molecule has 0 unspecified atom stereocenters. The summed E-state index contributed by atoms with van der Waals surface area (Å²) < 4.78 is 4.72. The number of nitrogens with two attached hydrogens (primary N) is 1. The molecule has 5 N–H and O–H groups in total. The van der Waals surface area contributed by atoms with Crippen LogP contribution in [0, 0.1) is 0 Å². The first-order chi connectivity index (χ1) is 14.8. The highest BCUT2D eigenvalue weighted by molar-refractivity contribution is 5.99. The Morgan fingerprint density at radius 2 is 1.77 bits per heavy atom. The molecular weight excluding hydrogens is 404 g/mol. The van der Waals surface area contributed by atoms with Crippen molar-refractivity contribution in [1.82, 2.24) is 16.0 Å². The molecule has 0 aromatic heterocycles. The van der Waals surface area contributed by atoms with Gasteiger partial charge in [-0.3, -0.25) is 19.2 Å². The Morgan fingerprint density at radius 1 is 1.13 bits per heavy atom. The number of carbonyl (C=O) groups excluding carboxylic acids is 5. The van der Waals surface area contributed by atoms with E-state index in [9.17, 15) is 24.0 Å². The summed E-state index contributed by atoms with van der Waals surface area (Å²) in [7, 11) is 0. The van der Waals surface area contributed by atoms with Crippen LogP contribution >= 0.6 is 0 Å². The quantitative estimate of drug-likeness (QED) is 0.278. The maximum atomic E-state index is 12.3. The first-order valence-corrected chi connectivity index (χ1v) is 9.86. The Kier molecular flexibility index (Phi) is 8.74. The first kappa shape index (κ1) is 23.6. The molecule has 0 bridgehead atoms. The fourth-order valence-corrected chi connectivity index (χ4v) is 2.99. The van der Waals surface area contributed by atoms with E-state index < -0.39 is 47.7 Å². The van der Waals surface area contributed by atoms with Gasteiger partial charge in [0, 0.05) is 12.5 Å². The van der Waals surface area contributed by atoms with Crippen LogP contribution in [0.3, 0.4) is 0 Å². The van der Waals surface area contributed by atoms with E-state index in [0.29, 0.717) is 6.42 Å². The summed E-state index contributed by atoms with van der Waals surface area (Å²) >= 11 is 0. The molecule has 10 nitrogen and oxygen atoms in total. The van der Waals surface area contributed by atoms with E-state index >= 15 is 0 Å². The molecule has 4 amide bonds. The number of piperazine rings is 1. The minimum Gasteiger partial charge on any atom is -0.463 e. The third-order valence-corrected chi connectivity index (χ3v) is 4.53. The Bertz CT molecular complexity index is 855. The molecule has 1 aliphatic rings. The lowest BCUT2D eigenvalue weighted by Crippen LogP contribution is -2.63. The van der Waals surface area contributed by atoms with Crippen molar-refractivity contribution in [2.24, 2.45) is 5.73 Å². The number of esters is 1. The molecule has 0 spiro atoms. The monoisotopic (exact) mass is 430 g/mol. The molecule has 3 atom stereocenters. The van der Waals surface area contributed by atoms with Gasteiger partial charge in [-0.1, -0.05) is 36.4 Å². The van der Waals surface area contributed by atoms with E-state index in [4.69, 9.17) is 10.5 Å². The number of rotatable bonds is 10. The second kappa shape index (κ2) is 11.5. The normalized spacial score (nSPS) is 19.3.